The van der Waals surface area contributed by atoms with Crippen molar-refractivity contribution < 1.29 is 9.59 Å². The van der Waals surface area contributed by atoms with E-state index in [1.807, 2.05) is 50.7 Å². The molecule has 0 saturated heterocycles. The highest BCUT2D eigenvalue weighted by atomic mass is 35.5. The van der Waals surface area contributed by atoms with E-state index in [-0.39, 0.29) is 17.9 Å². The van der Waals surface area contributed by atoms with Crippen molar-refractivity contribution in [1.82, 2.24) is 25.1 Å². The van der Waals surface area contributed by atoms with Gasteiger partial charge in [-0.2, -0.15) is 0 Å². The van der Waals surface area contributed by atoms with Crippen LogP contribution in [0.15, 0.2) is 36.4 Å². The minimum Gasteiger partial charge on any atom is -0.342 e. The number of hydrogen-bond donors (Lipinski definition) is 2. The number of nitrogens with zero attached hydrogens (tertiary/aromatic N) is 3. The van der Waals surface area contributed by atoms with Gasteiger partial charge < -0.3 is 20.1 Å². The van der Waals surface area contributed by atoms with Gasteiger partial charge in [0, 0.05) is 35.8 Å². The van der Waals surface area contributed by atoms with Crippen LogP contribution in [0.5, 0.6) is 0 Å². The maximum Gasteiger partial charge on any atom is 0.254 e. The lowest BCUT2D eigenvalue weighted by Crippen LogP contribution is -2.36. The number of benzene rings is 2. The number of nitrogens with one attached hydrogen (secondary N) is 2. The number of carbonyl (C=O) groups excluding carboxylic acids is 2. The third kappa shape index (κ3) is 5.47. The molecule has 1 unspecified atom stereocenters. The van der Waals surface area contributed by atoms with E-state index in [0.717, 1.165) is 23.1 Å². The summed E-state index contributed by atoms with van der Waals surface area (Å²) in [6, 6.07) is 10.3. The van der Waals surface area contributed by atoms with Crippen molar-refractivity contribution in [1.29, 1.82) is 0 Å². The number of carbonyl (C=O) groups is 2. The molecule has 0 spiro atoms. The summed E-state index contributed by atoms with van der Waals surface area (Å²) < 4.78 is 0. The van der Waals surface area contributed by atoms with Crippen LogP contribution in [0, 0.1) is 6.92 Å². The molecule has 0 aliphatic rings. The number of imidazole rings is 1. The molecule has 7 nitrogen and oxygen atoms in total. The smallest absolute Gasteiger partial charge is 0.254 e. The normalized spacial score (nSPS) is 12.2. The van der Waals surface area contributed by atoms with Gasteiger partial charge in [-0.3, -0.25) is 9.59 Å². The van der Waals surface area contributed by atoms with Crippen LogP contribution >= 0.6 is 11.6 Å². The zero-order valence-electron chi connectivity index (χ0n) is 19.2. The Morgan fingerprint density at radius 3 is 2.56 bits per heavy atom. The van der Waals surface area contributed by atoms with Gasteiger partial charge >= 0.3 is 0 Å². The summed E-state index contributed by atoms with van der Waals surface area (Å²) in [5, 5.41) is 3.59. The standard InChI is InChI=1S/C24H30ClN5O2/c1-6-30(12-11-29(4)5)24(32)19-9-7-17(13-15(19)2)23(31)26-16(3)22-27-20-10-8-18(25)14-21(20)28-22/h7-10,13-14,16H,6,11-12H2,1-5H3,(H,26,31)(H,27,28). The van der Waals surface area contributed by atoms with Gasteiger partial charge in [0.2, 0.25) is 0 Å². The predicted molar refractivity (Wildman–Crippen MR) is 128 cm³/mol. The van der Waals surface area contributed by atoms with Gasteiger partial charge in [0.15, 0.2) is 0 Å². The van der Waals surface area contributed by atoms with Crippen molar-refractivity contribution in [3.05, 3.63) is 63.9 Å². The molecule has 2 N–H and O–H groups in total. The number of likely N-dealkylation sites (N-methyl/N-ethyl adjacent to an activating group) is 2. The first kappa shape index (κ1) is 23.8. The molecule has 1 atom stereocenters. The summed E-state index contributed by atoms with van der Waals surface area (Å²) in [6.45, 7) is 7.78. The number of aromatic nitrogens is 2. The fraction of sp³-hybridized carbons (Fsp3) is 0.375. The lowest BCUT2D eigenvalue weighted by Gasteiger charge is -2.24. The molecule has 0 aliphatic carbocycles. The Balaban J connectivity index is 1.71. The fourth-order valence-electron chi connectivity index (χ4n) is 3.49. The second-order valence-corrected chi connectivity index (χ2v) is 8.63. The average Bonchev–Trinajstić information content (AvgIpc) is 3.17. The van der Waals surface area contributed by atoms with Gasteiger partial charge in [-0.1, -0.05) is 11.6 Å². The number of fused-ring (bicyclic) bond motifs is 1. The largest absolute Gasteiger partial charge is 0.342 e. The SMILES string of the molecule is CCN(CCN(C)C)C(=O)c1ccc(C(=O)NC(C)c2nc3ccc(Cl)cc3[nH]2)cc1C. The summed E-state index contributed by atoms with van der Waals surface area (Å²) in [4.78, 5) is 37.4. The van der Waals surface area contributed by atoms with E-state index in [1.54, 1.807) is 30.3 Å². The third-order valence-corrected chi connectivity index (χ3v) is 5.66. The first-order valence-corrected chi connectivity index (χ1v) is 11.1. The molecule has 32 heavy (non-hydrogen) atoms. The van der Waals surface area contributed by atoms with E-state index in [0.29, 0.717) is 35.1 Å². The second-order valence-electron chi connectivity index (χ2n) is 8.20. The Kier molecular flexibility index (Phi) is 7.53. The Hall–Kier alpha value is -2.90. The molecule has 0 fully saturated rings. The van der Waals surface area contributed by atoms with E-state index in [4.69, 9.17) is 11.6 Å². The highest BCUT2D eigenvalue weighted by molar-refractivity contribution is 6.31. The van der Waals surface area contributed by atoms with E-state index in [2.05, 4.69) is 15.3 Å². The lowest BCUT2D eigenvalue weighted by atomic mass is 10.0. The molecule has 0 bridgehead atoms. The molecule has 170 valence electrons. The van der Waals surface area contributed by atoms with Crippen LogP contribution in [-0.2, 0) is 0 Å². The molecule has 3 rings (SSSR count). The second kappa shape index (κ2) is 10.1. The van der Waals surface area contributed by atoms with Crippen molar-refractivity contribution in [3.63, 3.8) is 0 Å². The van der Waals surface area contributed by atoms with Gasteiger partial charge in [0.05, 0.1) is 17.1 Å². The van der Waals surface area contributed by atoms with E-state index in [9.17, 15) is 9.59 Å². The Morgan fingerprint density at radius 1 is 1.16 bits per heavy atom. The van der Waals surface area contributed by atoms with Crippen LogP contribution < -0.4 is 5.32 Å². The van der Waals surface area contributed by atoms with Crippen LogP contribution in [0.3, 0.4) is 0 Å². The van der Waals surface area contributed by atoms with E-state index in [1.165, 1.54) is 0 Å². The van der Waals surface area contributed by atoms with Gasteiger partial charge in [-0.15, -0.1) is 0 Å². The number of hydrogen-bond acceptors (Lipinski definition) is 4. The molecular weight excluding hydrogens is 426 g/mol. The summed E-state index contributed by atoms with van der Waals surface area (Å²) in [5.74, 6) is 0.407. The average molecular weight is 456 g/mol. The molecule has 2 amide bonds. The summed E-state index contributed by atoms with van der Waals surface area (Å²) in [6.07, 6.45) is 0. The van der Waals surface area contributed by atoms with Gasteiger partial charge in [0.25, 0.3) is 11.8 Å². The van der Waals surface area contributed by atoms with Gasteiger partial charge in [-0.25, -0.2) is 4.98 Å². The summed E-state index contributed by atoms with van der Waals surface area (Å²) >= 11 is 6.04. The van der Waals surface area contributed by atoms with Crippen LogP contribution in [0.2, 0.25) is 5.02 Å². The fourth-order valence-corrected chi connectivity index (χ4v) is 3.67. The monoisotopic (exact) mass is 455 g/mol. The molecule has 0 radical (unpaired) electrons. The third-order valence-electron chi connectivity index (χ3n) is 5.43. The van der Waals surface area contributed by atoms with E-state index < -0.39 is 0 Å². The quantitative estimate of drug-likeness (QED) is 0.537. The number of aromatic amines is 1. The lowest BCUT2D eigenvalue weighted by molar-refractivity contribution is 0.0752. The Morgan fingerprint density at radius 2 is 1.91 bits per heavy atom. The number of halogens is 1. The van der Waals surface area contributed by atoms with Crippen molar-refractivity contribution >= 4 is 34.4 Å². The molecular formula is C24H30ClN5O2. The first-order valence-electron chi connectivity index (χ1n) is 10.7. The molecule has 2 aromatic carbocycles. The summed E-state index contributed by atoms with van der Waals surface area (Å²) in [5.41, 5.74) is 3.50. The molecule has 1 aromatic heterocycles. The van der Waals surface area contributed by atoms with Gasteiger partial charge in [-0.05, 0) is 76.8 Å². The molecule has 1 heterocycles. The van der Waals surface area contributed by atoms with Crippen molar-refractivity contribution in [2.75, 3.05) is 33.7 Å². The van der Waals surface area contributed by atoms with Crippen LogP contribution in [0.4, 0.5) is 0 Å². The number of H-pyrrole nitrogens is 1. The van der Waals surface area contributed by atoms with Crippen molar-refractivity contribution in [3.8, 4) is 0 Å². The molecule has 8 heteroatoms. The molecule has 3 aromatic rings. The number of rotatable bonds is 8. The number of aryl methyl sites for hydroxylation is 1. The van der Waals surface area contributed by atoms with Gasteiger partial charge in [0.1, 0.15) is 5.82 Å². The minimum atomic E-state index is -0.322. The zero-order chi connectivity index (χ0) is 23.4. The Labute approximate surface area is 193 Å². The highest BCUT2D eigenvalue weighted by Gasteiger charge is 2.19. The number of amides is 2. The minimum absolute atomic E-state index is 0.0203. The van der Waals surface area contributed by atoms with Crippen molar-refractivity contribution in [2.24, 2.45) is 0 Å². The van der Waals surface area contributed by atoms with E-state index >= 15 is 0 Å². The highest BCUT2D eigenvalue weighted by Crippen LogP contribution is 2.20. The molecule has 0 saturated carbocycles. The topological polar surface area (TPSA) is 81.3 Å². The van der Waals surface area contributed by atoms with Crippen LogP contribution in [0.25, 0.3) is 11.0 Å². The predicted octanol–water partition coefficient (Wildman–Crippen LogP) is 4.04. The van der Waals surface area contributed by atoms with Crippen LogP contribution in [-0.4, -0.2) is 65.3 Å². The Bertz CT molecular complexity index is 1120. The van der Waals surface area contributed by atoms with Crippen molar-refractivity contribution in [2.45, 2.75) is 26.8 Å². The van der Waals surface area contributed by atoms with Crippen LogP contribution in [0.1, 0.15) is 52.0 Å². The maximum atomic E-state index is 12.9. The molecule has 0 aliphatic heterocycles. The maximum absolute atomic E-state index is 12.9. The summed E-state index contributed by atoms with van der Waals surface area (Å²) in [7, 11) is 3.97. The zero-order valence-corrected chi connectivity index (χ0v) is 20.0. The first-order chi connectivity index (χ1) is 15.2.